The van der Waals surface area contributed by atoms with E-state index in [1.165, 1.54) is 0 Å². The summed E-state index contributed by atoms with van der Waals surface area (Å²) in [5.74, 6) is -2.07. The van der Waals surface area contributed by atoms with Crippen molar-refractivity contribution in [3.05, 3.63) is 18.3 Å². The average Bonchev–Trinajstić information content (AvgIpc) is 2.78. The zero-order valence-corrected chi connectivity index (χ0v) is 8.84. The maximum Gasteiger partial charge on any atom is 0.471 e. The maximum atomic E-state index is 12.2. The Morgan fingerprint density at radius 1 is 1.32 bits per heavy atom. The van der Waals surface area contributed by atoms with Crippen molar-refractivity contribution in [2.24, 2.45) is 0 Å². The molecule has 2 aromatic heterocycles. The van der Waals surface area contributed by atoms with Crippen LogP contribution in [0, 0.1) is 0 Å². The fourth-order valence-electron chi connectivity index (χ4n) is 1.06. The van der Waals surface area contributed by atoms with Gasteiger partial charge < -0.3 is 9.63 Å². The summed E-state index contributed by atoms with van der Waals surface area (Å²) in [6.07, 6.45) is -3.99. The minimum absolute atomic E-state index is 0.0511. The summed E-state index contributed by atoms with van der Waals surface area (Å²) in [5.41, 5.74) is 0.0511. The first-order valence-electron chi connectivity index (χ1n) is 4.59. The van der Waals surface area contributed by atoms with Crippen LogP contribution in [0.15, 0.2) is 16.9 Å². The molecule has 2 rings (SSSR count). The number of amides is 1. The number of nitrogens with one attached hydrogen (secondary N) is 1. The van der Waals surface area contributed by atoms with Crippen molar-refractivity contribution < 1.29 is 27.6 Å². The summed E-state index contributed by atoms with van der Waals surface area (Å²) in [7, 11) is 0. The van der Waals surface area contributed by atoms with Gasteiger partial charge in [-0.15, -0.1) is 0 Å². The lowest BCUT2D eigenvalue weighted by Crippen LogP contribution is -2.10. The Labute approximate surface area is 102 Å². The third kappa shape index (κ3) is 2.94. The van der Waals surface area contributed by atoms with E-state index in [-0.39, 0.29) is 17.3 Å². The minimum atomic E-state index is -4.74. The van der Waals surface area contributed by atoms with Crippen LogP contribution in [-0.2, 0) is 6.18 Å². The van der Waals surface area contributed by atoms with Crippen molar-refractivity contribution in [3.8, 4) is 11.4 Å². The molecule has 0 aliphatic rings. The van der Waals surface area contributed by atoms with Gasteiger partial charge in [0, 0.05) is 12.4 Å². The Hall–Kier alpha value is -2.72. The average molecular weight is 275 g/mol. The Bertz CT molecular complexity index is 594. The standard InChI is InChI=1S/C8H4F3N5O3/c9-8(10,11)5-14-4(16-19-5)3-1-12-6(13-2-3)15-7(17)18/h1-2H,(H,17,18)(H,12,13,15). The highest BCUT2D eigenvalue weighted by molar-refractivity contribution is 5.80. The summed E-state index contributed by atoms with van der Waals surface area (Å²) < 4.78 is 40.7. The second-order valence-corrected chi connectivity index (χ2v) is 3.15. The van der Waals surface area contributed by atoms with Crippen LogP contribution in [-0.4, -0.2) is 31.3 Å². The molecule has 0 spiro atoms. The number of halogens is 3. The molecule has 0 aliphatic heterocycles. The first-order chi connectivity index (χ1) is 8.86. The first kappa shape index (κ1) is 12.7. The SMILES string of the molecule is O=C(O)Nc1ncc(-c2noc(C(F)(F)F)n2)cn1. The van der Waals surface area contributed by atoms with E-state index in [0.717, 1.165) is 12.4 Å². The van der Waals surface area contributed by atoms with Crippen LogP contribution >= 0.6 is 0 Å². The predicted octanol–water partition coefficient (Wildman–Crippen LogP) is 1.64. The molecule has 100 valence electrons. The lowest BCUT2D eigenvalue weighted by atomic mass is 10.3. The second-order valence-electron chi connectivity index (χ2n) is 3.15. The first-order valence-corrected chi connectivity index (χ1v) is 4.59. The normalized spacial score (nSPS) is 11.3. The van der Waals surface area contributed by atoms with Crippen LogP contribution in [0.1, 0.15) is 5.89 Å². The Morgan fingerprint density at radius 2 is 1.95 bits per heavy atom. The molecular weight excluding hydrogens is 271 g/mol. The summed E-state index contributed by atoms with van der Waals surface area (Å²) in [4.78, 5) is 20.5. The molecule has 19 heavy (non-hydrogen) atoms. The summed E-state index contributed by atoms with van der Waals surface area (Å²) >= 11 is 0. The molecule has 0 saturated carbocycles. The summed E-state index contributed by atoms with van der Waals surface area (Å²) in [6.45, 7) is 0. The fourth-order valence-corrected chi connectivity index (χ4v) is 1.06. The molecule has 2 aromatic rings. The third-order valence-corrected chi connectivity index (χ3v) is 1.80. The van der Waals surface area contributed by atoms with Gasteiger partial charge in [-0.25, -0.2) is 14.8 Å². The van der Waals surface area contributed by atoms with Gasteiger partial charge >= 0.3 is 18.2 Å². The van der Waals surface area contributed by atoms with Crippen LogP contribution < -0.4 is 5.32 Å². The molecule has 8 nitrogen and oxygen atoms in total. The molecule has 0 saturated heterocycles. The molecule has 2 N–H and O–H groups in total. The van der Waals surface area contributed by atoms with Gasteiger partial charge in [-0.1, -0.05) is 5.16 Å². The molecule has 0 unspecified atom stereocenters. The number of hydrogen-bond acceptors (Lipinski definition) is 6. The molecule has 11 heteroatoms. The molecular formula is C8H4F3N5O3. The van der Waals surface area contributed by atoms with Gasteiger partial charge in [0.15, 0.2) is 0 Å². The van der Waals surface area contributed by atoms with Crippen molar-refractivity contribution in [1.82, 2.24) is 20.1 Å². The largest absolute Gasteiger partial charge is 0.471 e. The Kier molecular flexibility index (Phi) is 3.02. The third-order valence-electron chi connectivity index (χ3n) is 1.80. The van der Waals surface area contributed by atoms with Crippen LogP contribution in [0.4, 0.5) is 23.9 Å². The molecule has 1 amide bonds. The van der Waals surface area contributed by atoms with Gasteiger partial charge in [-0.3, -0.25) is 5.32 Å². The van der Waals surface area contributed by atoms with Gasteiger partial charge in [-0.05, 0) is 0 Å². The predicted molar refractivity (Wildman–Crippen MR) is 52.0 cm³/mol. The molecule has 2 heterocycles. The molecule has 0 fully saturated rings. The zero-order chi connectivity index (χ0) is 14.0. The zero-order valence-electron chi connectivity index (χ0n) is 8.84. The van der Waals surface area contributed by atoms with Gasteiger partial charge in [0.05, 0.1) is 5.56 Å². The molecule has 0 atom stereocenters. The van der Waals surface area contributed by atoms with E-state index >= 15 is 0 Å². The minimum Gasteiger partial charge on any atom is -0.465 e. The number of rotatable bonds is 2. The highest BCUT2D eigenvalue weighted by Crippen LogP contribution is 2.29. The van der Waals surface area contributed by atoms with E-state index in [4.69, 9.17) is 5.11 Å². The number of anilines is 1. The number of carboxylic acid groups (broad SMARTS) is 1. The summed E-state index contributed by atoms with van der Waals surface area (Å²) in [5, 5.41) is 13.4. The van der Waals surface area contributed by atoms with Crippen molar-refractivity contribution >= 4 is 12.0 Å². The van der Waals surface area contributed by atoms with E-state index in [1.54, 1.807) is 0 Å². The van der Waals surface area contributed by atoms with Gasteiger partial charge in [-0.2, -0.15) is 18.2 Å². The van der Waals surface area contributed by atoms with Crippen LogP contribution in [0.2, 0.25) is 0 Å². The smallest absolute Gasteiger partial charge is 0.465 e. The number of aromatic nitrogens is 4. The number of nitrogens with zero attached hydrogens (tertiary/aromatic N) is 4. The molecule has 0 bridgehead atoms. The van der Waals surface area contributed by atoms with E-state index in [9.17, 15) is 18.0 Å². The van der Waals surface area contributed by atoms with Gasteiger partial charge in [0.2, 0.25) is 11.8 Å². The van der Waals surface area contributed by atoms with E-state index in [2.05, 4.69) is 24.6 Å². The van der Waals surface area contributed by atoms with Crippen LogP contribution in [0.5, 0.6) is 0 Å². The van der Waals surface area contributed by atoms with Gasteiger partial charge in [0.25, 0.3) is 0 Å². The lowest BCUT2D eigenvalue weighted by Gasteiger charge is -1.98. The van der Waals surface area contributed by atoms with Gasteiger partial charge in [0.1, 0.15) is 0 Å². The van der Waals surface area contributed by atoms with Crippen LogP contribution in [0.3, 0.4) is 0 Å². The quantitative estimate of drug-likeness (QED) is 0.855. The second kappa shape index (κ2) is 4.51. The van der Waals surface area contributed by atoms with Crippen molar-refractivity contribution in [2.75, 3.05) is 5.32 Å². The molecule has 0 aliphatic carbocycles. The maximum absolute atomic E-state index is 12.2. The molecule has 0 aromatic carbocycles. The van der Waals surface area contributed by atoms with Crippen molar-refractivity contribution in [1.29, 1.82) is 0 Å². The highest BCUT2D eigenvalue weighted by Gasteiger charge is 2.38. The Morgan fingerprint density at radius 3 is 2.42 bits per heavy atom. The monoisotopic (exact) mass is 275 g/mol. The van der Waals surface area contributed by atoms with E-state index in [0.29, 0.717) is 0 Å². The number of hydrogen-bond donors (Lipinski definition) is 2. The number of alkyl halides is 3. The Balaban J connectivity index is 2.23. The molecule has 0 radical (unpaired) electrons. The van der Waals surface area contributed by atoms with Crippen molar-refractivity contribution in [2.45, 2.75) is 6.18 Å². The topological polar surface area (TPSA) is 114 Å². The van der Waals surface area contributed by atoms with Crippen LogP contribution in [0.25, 0.3) is 11.4 Å². The summed E-state index contributed by atoms with van der Waals surface area (Å²) in [6, 6.07) is 0. The fraction of sp³-hybridized carbons (Fsp3) is 0.125. The van der Waals surface area contributed by atoms with Crippen molar-refractivity contribution in [3.63, 3.8) is 0 Å². The lowest BCUT2D eigenvalue weighted by molar-refractivity contribution is -0.159. The van der Waals surface area contributed by atoms with E-state index in [1.807, 2.05) is 5.32 Å². The number of carbonyl (C=O) groups is 1. The van der Waals surface area contributed by atoms with E-state index < -0.39 is 18.2 Å². The highest BCUT2D eigenvalue weighted by atomic mass is 19.4.